The number of aryl methyl sites for hydroxylation is 1. The molecule has 4 aromatic rings. The third kappa shape index (κ3) is 3.46. The second-order valence-corrected chi connectivity index (χ2v) is 7.21. The molecule has 7 nitrogen and oxygen atoms in total. The summed E-state index contributed by atoms with van der Waals surface area (Å²) in [5.41, 5.74) is 6.68. The summed E-state index contributed by atoms with van der Waals surface area (Å²) in [6, 6.07) is 7.78. The number of benzene rings is 1. The van der Waals surface area contributed by atoms with Crippen LogP contribution in [0.15, 0.2) is 42.7 Å². The summed E-state index contributed by atoms with van der Waals surface area (Å²) in [6.45, 7) is 5.29. The van der Waals surface area contributed by atoms with Crippen LogP contribution in [0.1, 0.15) is 25.2 Å². The number of halogens is 2. The van der Waals surface area contributed by atoms with Crippen molar-refractivity contribution in [2.24, 2.45) is 0 Å². The Balaban J connectivity index is 1.73. The van der Waals surface area contributed by atoms with Crippen molar-refractivity contribution in [3.63, 3.8) is 0 Å². The molecule has 0 aliphatic rings. The molecule has 0 bridgehead atoms. The Morgan fingerprint density at radius 1 is 1.07 bits per heavy atom. The summed E-state index contributed by atoms with van der Waals surface area (Å²) < 4.78 is 29.8. The van der Waals surface area contributed by atoms with E-state index in [1.54, 1.807) is 20.0 Å². The average Bonchev–Trinajstić information content (AvgIpc) is 3.03. The zero-order valence-corrected chi connectivity index (χ0v) is 16.1. The first-order valence-electron chi connectivity index (χ1n) is 8.93. The molecule has 0 saturated heterocycles. The highest BCUT2D eigenvalue weighted by Crippen LogP contribution is 2.28. The van der Waals surface area contributed by atoms with Crippen molar-refractivity contribution in [3.05, 3.63) is 65.7 Å². The highest BCUT2D eigenvalue weighted by Gasteiger charge is 2.27. The summed E-state index contributed by atoms with van der Waals surface area (Å²) in [5.74, 6) is -0.500. The van der Waals surface area contributed by atoms with E-state index in [0.29, 0.717) is 11.4 Å². The fourth-order valence-corrected chi connectivity index (χ4v) is 3.16. The minimum Gasteiger partial charge on any atom is -0.368 e. The fourth-order valence-electron chi connectivity index (χ4n) is 3.16. The van der Waals surface area contributed by atoms with Gasteiger partial charge in [-0.15, -0.1) is 0 Å². The lowest BCUT2D eigenvalue weighted by molar-refractivity contribution is 0.468. The largest absolute Gasteiger partial charge is 0.368 e. The normalized spacial score (nSPS) is 11.8. The van der Waals surface area contributed by atoms with Crippen molar-refractivity contribution in [2.45, 2.75) is 26.3 Å². The van der Waals surface area contributed by atoms with Crippen molar-refractivity contribution in [3.8, 4) is 11.4 Å². The molecule has 29 heavy (non-hydrogen) atoms. The number of fused-ring (bicyclic) bond motifs is 1. The van der Waals surface area contributed by atoms with E-state index in [2.05, 4.69) is 25.3 Å². The van der Waals surface area contributed by atoms with E-state index in [-0.39, 0.29) is 17.5 Å². The van der Waals surface area contributed by atoms with Crippen LogP contribution in [-0.4, -0.2) is 24.3 Å². The van der Waals surface area contributed by atoms with Gasteiger partial charge in [-0.3, -0.25) is 0 Å². The minimum atomic E-state index is -0.998. The molecule has 0 aliphatic heterocycles. The van der Waals surface area contributed by atoms with Crippen LogP contribution in [-0.2, 0) is 5.54 Å². The third-order valence-corrected chi connectivity index (χ3v) is 4.67. The van der Waals surface area contributed by atoms with E-state index < -0.39 is 17.2 Å². The monoisotopic (exact) mass is 395 g/mol. The molecule has 0 spiro atoms. The van der Waals surface area contributed by atoms with Gasteiger partial charge in [-0.1, -0.05) is 12.1 Å². The molecule has 9 heteroatoms. The summed E-state index contributed by atoms with van der Waals surface area (Å²) >= 11 is 0. The number of aromatic nitrogens is 5. The van der Waals surface area contributed by atoms with Crippen LogP contribution < -0.4 is 11.1 Å². The molecular weight excluding hydrogens is 376 g/mol. The van der Waals surface area contributed by atoms with E-state index >= 15 is 0 Å². The van der Waals surface area contributed by atoms with Crippen LogP contribution in [0.25, 0.3) is 16.9 Å². The summed E-state index contributed by atoms with van der Waals surface area (Å²) in [6.07, 6.45) is 3.62. The molecule has 1 aromatic carbocycles. The molecule has 148 valence electrons. The molecule has 0 radical (unpaired) electrons. The topological polar surface area (TPSA) is 94.0 Å². The molecule has 3 aromatic heterocycles. The first-order chi connectivity index (χ1) is 13.7. The van der Waals surface area contributed by atoms with Crippen LogP contribution in [0.4, 0.5) is 20.7 Å². The van der Waals surface area contributed by atoms with Gasteiger partial charge in [0.05, 0.1) is 17.3 Å². The van der Waals surface area contributed by atoms with E-state index in [1.165, 1.54) is 12.1 Å². The van der Waals surface area contributed by atoms with Crippen molar-refractivity contribution < 1.29 is 8.78 Å². The first kappa shape index (κ1) is 18.7. The van der Waals surface area contributed by atoms with Crippen molar-refractivity contribution >= 4 is 17.4 Å². The number of imidazole rings is 1. The van der Waals surface area contributed by atoms with Crippen LogP contribution in [0, 0.1) is 18.6 Å². The standard InChI is InChI=1S/C20H19F2N7/c1-11-24-9-13-8-7-12(10-29(11)13)17-25-18(23)27-19(26-17)28-20(2,3)14-5-4-6-15(21)16(14)22/h4-10H,1-3H3,(H3,23,25,26,27,28). The Bertz CT molecular complexity index is 1220. The maximum absolute atomic E-state index is 14.3. The number of pyridine rings is 1. The zero-order valence-electron chi connectivity index (χ0n) is 16.1. The highest BCUT2D eigenvalue weighted by atomic mass is 19.2. The molecule has 3 N–H and O–H groups in total. The second-order valence-electron chi connectivity index (χ2n) is 7.21. The Labute approximate surface area is 165 Å². The van der Waals surface area contributed by atoms with Gasteiger partial charge in [0.1, 0.15) is 5.82 Å². The maximum Gasteiger partial charge on any atom is 0.228 e. The molecule has 0 atom stereocenters. The van der Waals surface area contributed by atoms with Crippen molar-refractivity contribution in [1.29, 1.82) is 0 Å². The molecule has 3 heterocycles. The molecule has 0 amide bonds. The molecule has 0 saturated carbocycles. The van der Waals surface area contributed by atoms with Crippen molar-refractivity contribution in [1.82, 2.24) is 24.3 Å². The van der Waals surface area contributed by atoms with Gasteiger partial charge in [0.2, 0.25) is 11.9 Å². The van der Waals surface area contributed by atoms with Gasteiger partial charge < -0.3 is 15.5 Å². The predicted molar refractivity (Wildman–Crippen MR) is 106 cm³/mol. The summed E-state index contributed by atoms with van der Waals surface area (Å²) in [7, 11) is 0. The number of rotatable bonds is 4. The molecular formula is C20H19F2N7. The number of anilines is 2. The smallest absolute Gasteiger partial charge is 0.228 e. The number of hydrogen-bond acceptors (Lipinski definition) is 6. The molecule has 0 unspecified atom stereocenters. The second kappa shape index (κ2) is 6.77. The summed E-state index contributed by atoms with van der Waals surface area (Å²) in [4.78, 5) is 17.0. The van der Waals surface area contributed by atoms with Gasteiger partial charge in [0.15, 0.2) is 17.5 Å². The van der Waals surface area contributed by atoms with E-state index in [9.17, 15) is 8.78 Å². The van der Waals surface area contributed by atoms with Gasteiger partial charge in [-0.2, -0.15) is 15.0 Å². The minimum absolute atomic E-state index is 0.00969. The number of hydrogen-bond donors (Lipinski definition) is 2. The maximum atomic E-state index is 14.3. The fraction of sp³-hybridized carbons (Fsp3) is 0.200. The molecule has 4 rings (SSSR count). The summed E-state index contributed by atoms with van der Waals surface area (Å²) in [5, 5.41) is 3.03. The quantitative estimate of drug-likeness (QED) is 0.547. The predicted octanol–water partition coefficient (Wildman–Crippen LogP) is 3.70. The van der Waals surface area contributed by atoms with Crippen LogP contribution in [0.3, 0.4) is 0 Å². The van der Waals surface area contributed by atoms with Gasteiger partial charge in [0, 0.05) is 17.3 Å². The van der Waals surface area contributed by atoms with Crippen LogP contribution >= 0.6 is 0 Å². The number of nitrogens with one attached hydrogen (secondary N) is 1. The third-order valence-electron chi connectivity index (χ3n) is 4.67. The first-order valence-corrected chi connectivity index (χ1v) is 8.93. The lowest BCUT2D eigenvalue weighted by Crippen LogP contribution is -2.31. The SMILES string of the molecule is Cc1ncc2ccc(-c3nc(N)nc(NC(C)(C)c4cccc(F)c4F)n3)cn12. The average molecular weight is 395 g/mol. The van der Waals surface area contributed by atoms with Gasteiger partial charge >= 0.3 is 0 Å². The molecule has 0 aliphatic carbocycles. The van der Waals surface area contributed by atoms with E-state index in [0.717, 1.165) is 17.4 Å². The Kier molecular flexibility index (Phi) is 4.37. The highest BCUT2D eigenvalue weighted by molar-refractivity contribution is 5.61. The Morgan fingerprint density at radius 3 is 2.66 bits per heavy atom. The Hall–Kier alpha value is -3.62. The lowest BCUT2D eigenvalue weighted by Gasteiger charge is -2.27. The van der Waals surface area contributed by atoms with E-state index in [4.69, 9.17) is 5.73 Å². The van der Waals surface area contributed by atoms with Crippen LogP contribution in [0.2, 0.25) is 0 Å². The number of nitrogens with zero attached hydrogens (tertiary/aromatic N) is 5. The molecule has 0 fully saturated rings. The lowest BCUT2D eigenvalue weighted by atomic mass is 9.94. The Morgan fingerprint density at radius 2 is 1.86 bits per heavy atom. The van der Waals surface area contributed by atoms with Gasteiger partial charge in [-0.25, -0.2) is 13.8 Å². The van der Waals surface area contributed by atoms with Crippen LogP contribution in [0.5, 0.6) is 0 Å². The van der Waals surface area contributed by atoms with Gasteiger partial charge in [-0.05, 0) is 39.0 Å². The van der Waals surface area contributed by atoms with Gasteiger partial charge in [0.25, 0.3) is 0 Å². The van der Waals surface area contributed by atoms with E-state index in [1.807, 2.05) is 29.7 Å². The zero-order chi connectivity index (χ0) is 20.8. The van der Waals surface area contributed by atoms with Crippen molar-refractivity contribution in [2.75, 3.05) is 11.1 Å². The number of nitrogens with two attached hydrogens (primary N) is 1. The number of nitrogen functional groups attached to an aromatic ring is 1.